The van der Waals surface area contributed by atoms with Crippen LogP contribution < -0.4 is 9.64 Å². The number of ether oxygens (including phenoxy) is 1. The van der Waals surface area contributed by atoms with Crippen molar-refractivity contribution < 1.29 is 17.9 Å². The van der Waals surface area contributed by atoms with Crippen molar-refractivity contribution in [2.24, 2.45) is 0 Å². The molecule has 2 aromatic carbocycles. The van der Waals surface area contributed by atoms with Gasteiger partial charge in [0, 0.05) is 51.0 Å². The van der Waals surface area contributed by atoms with E-state index in [1.807, 2.05) is 0 Å². The molecule has 0 aliphatic carbocycles. The number of piperidine rings is 1. The largest absolute Gasteiger partial charge is 0.495 e. The average molecular weight is 472 g/mol. The summed E-state index contributed by atoms with van der Waals surface area (Å²) in [7, 11) is -0.525. The molecule has 0 unspecified atom stereocenters. The fourth-order valence-electron chi connectivity index (χ4n) is 4.61. The molecule has 2 heterocycles. The van der Waals surface area contributed by atoms with E-state index in [1.54, 1.807) is 24.1 Å². The smallest absolute Gasteiger partial charge is 0.253 e. The lowest BCUT2D eigenvalue weighted by Gasteiger charge is -2.29. The van der Waals surface area contributed by atoms with Crippen LogP contribution in [0.15, 0.2) is 47.4 Å². The zero-order valence-corrected chi connectivity index (χ0v) is 20.3. The second-order valence-electron chi connectivity index (χ2n) is 8.85. The molecule has 178 valence electrons. The minimum atomic E-state index is -3.70. The standard InChI is InChI=1S/C25H33N3O4S/c1-26(19-20-8-11-22(12-9-20)27-14-4-3-5-15-27)25(29)21-10-13-23(32-2)24(18-21)33(30,31)28-16-6-7-17-28/h8-13,18H,3-7,14-17,19H2,1-2H3. The number of rotatable bonds is 7. The number of anilines is 1. The van der Waals surface area contributed by atoms with Gasteiger partial charge >= 0.3 is 0 Å². The Balaban J connectivity index is 1.49. The van der Waals surface area contributed by atoms with Crippen molar-refractivity contribution in [1.29, 1.82) is 0 Å². The third-order valence-electron chi connectivity index (χ3n) is 6.52. The Morgan fingerprint density at radius 2 is 1.58 bits per heavy atom. The average Bonchev–Trinajstić information content (AvgIpc) is 3.40. The highest BCUT2D eigenvalue weighted by atomic mass is 32.2. The molecule has 4 rings (SSSR count). The van der Waals surface area contributed by atoms with E-state index >= 15 is 0 Å². The third kappa shape index (κ3) is 5.17. The number of nitrogens with zero attached hydrogens (tertiary/aromatic N) is 3. The van der Waals surface area contributed by atoms with Crippen LogP contribution in [-0.4, -0.2) is 63.9 Å². The Morgan fingerprint density at radius 1 is 0.939 bits per heavy atom. The van der Waals surface area contributed by atoms with Crippen molar-refractivity contribution in [3.63, 3.8) is 0 Å². The molecular weight excluding hydrogens is 438 g/mol. The summed E-state index contributed by atoms with van der Waals surface area (Å²) < 4.78 is 33.0. The van der Waals surface area contributed by atoms with E-state index in [9.17, 15) is 13.2 Å². The van der Waals surface area contributed by atoms with Gasteiger partial charge < -0.3 is 14.5 Å². The summed E-state index contributed by atoms with van der Waals surface area (Å²) in [5.74, 6) is 0.0324. The molecule has 0 atom stereocenters. The van der Waals surface area contributed by atoms with Crippen LogP contribution >= 0.6 is 0 Å². The number of benzene rings is 2. The molecule has 0 aromatic heterocycles. The van der Waals surface area contributed by atoms with Gasteiger partial charge in [-0.25, -0.2) is 8.42 Å². The van der Waals surface area contributed by atoms with Gasteiger partial charge in [-0.1, -0.05) is 12.1 Å². The van der Waals surface area contributed by atoms with Crippen molar-refractivity contribution in [2.75, 3.05) is 45.2 Å². The van der Waals surface area contributed by atoms with E-state index in [2.05, 4.69) is 29.2 Å². The Morgan fingerprint density at radius 3 is 2.21 bits per heavy atom. The molecule has 0 saturated carbocycles. The fraction of sp³-hybridized carbons (Fsp3) is 0.480. The zero-order chi connectivity index (χ0) is 23.4. The topological polar surface area (TPSA) is 70.2 Å². The first-order valence-electron chi connectivity index (χ1n) is 11.7. The van der Waals surface area contributed by atoms with E-state index in [0.717, 1.165) is 31.5 Å². The predicted octanol–water partition coefficient (Wildman–Crippen LogP) is 3.74. The summed E-state index contributed by atoms with van der Waals surface area (Å²) >= 11 is 0. The molecule has 2 aliphatic rings. The molecule has 1 amide bonds. The highest BCUT2D eigenvalue weighted by Gasteiger charge is 2.31. The van der Waals surface area contributed by atoms with E-state index in [0.29, 0.717) is 25.2 Å². The summed E-state index contributed by atoms with van der Waals surface area (Å²) in [6.07, 6.45) is 5.46. The van der Waals surface area contributed by atoms with Crippen molar-refractivity contribution in [3.05, 3.63) is 53.6 Å². The summed E-state index contributed by atoms with van der Waals surface area (Å²) in [5.41, 5.74) is 2.59. The lowest BCUT2D eigenvalue weighted by Crippen LogP contribution is -2.30. The van der Waals surface area contributed by atoms with Gasteiger partial charge in [0.1, 0.15) is 10.6 Å². The van der Waals surface area contributed by atoms with Gasteiger partial charge in [0.2, 0.25) is 10.0 Å². The summed E-state index contributed by atoms with van der Waals surface area (Å²) in [6, 6.07) is 13.0. The summed E-state index contributed by atoms with van der Waals surface area (Å²) in [4.78, 5) is 17.2. The molecule has 0 N–H and O–H groups in total. The number of carbonyl (C=O) groups is 1. The zero-order valence-electron chi connectivity index (χ0n) is 19.5. The fourth-order valence-corrected chi connectivity index (χ4v) is 6.31. The number of methoxy groups -OCH3 is 1. The van der Waals surface area contributed by atoms with Gasteiger partial charge in [0.15, 0.2) is 0 Å². The Kier molecular flexibility index (Phi) is 7.24. The van der Waals surface area contributed by atoms with Crippen molar-refractivity contribution in [2.45, 2.75) is 43.5 Å². The van der Waals surface area contributed by atoms with Gasteiger partial charge in [0.25, 0.3) is 5.91 Å². The van der Waals surface area contributed by atoms with Gasteiger partial charge in [-0.05, 0) is 68.0 Å². The molecule has 2 fully saturated rings. The number of hydrogen-bond acceptors (Lipinski definition) is 5. The molecule has 33 heavy (non-hydrogen) atoms. The van der Waals surface area contributed by atoms with Crippen LogP contribution in [0.1, 0.15) is 48.0 Å². The van der Waals surface area contributed by atoms with Crippen LogP contribution in [0, 0.1) is 0 Å². The van der Waals surface area contributed by atoms with Gasteiger partial charge in [-0.15, -0.1) is 0 Å². The molecule has 2 aromatic rings. The van der Waals surface area contributed by atoms with Crippen LogP contribution in [0.3, 0.4) is 0 Å². The van der Waals surface area contributed by atoms with Crippen LogP contribution in [0.5, 0.6) is 5.75 Å². The van der Waals surface area contributed by atoms with Crippen LogP contribution in [-0.2, 0) is 16.6 Å². The molecule has 7 nitrogen and oxygen atoms in total. The molecule has 0 bridgehead atoms. The lowest BCUT2D eigenvalue weighted by molar-refractivity contribution is 0.0785. The maximum Gasteiger partial charge on any atom is 0.253 e. The molecule has 0 radical (unpaired) electrons. The number of amides is 1. The maximum absolute atomic E-state index is 13.1. The first-order valence-corrected chi connectivity index (χ1v) is 13.1. The van der Waals surface area contributed by atoms with Crippen LogP contribution in [0.2, 0.25) is 0 Å². The summed E-state index contributed by atoms with van der Waals surface area (Å²) in [5, 5.41) is 0. The van der Waals surface area contributed by atoms with Gasteiger partial charge in [-0.2, -0.15) is 4.31 Å². The van der Waals surface area contributed by atoms with Crippen LogP contribution in [0.4, 0.5) is 5.69 Å². The number of hydrogen-bond donors (Lipinski definition) is 0. The van der Waals surface area contributed by atoms with Crippen molar-refractivity contribution >= 4 is 21.6 Å². The normalized spacial score (nSPS) is 17.2. The van der Waals surface area contributed by atoms with Crippen molar-refractivity contribution in [3.8, 4) is 5.75 Å². The second kappa shape index (κ2) is 10.1. The molecule has 8 heteroatoms. The summed E-state index contributed by atoms with van der Waals surface area (Å²) in [6.45, 7) is 3.63. The SMILES string of the molecule is COc1ccc(C(=O)N(C)Cc2ccc(N3CCCCC3)cc2)cc1S(=O)(=O)N1CCCC1. The monoisotopic (exact) mass is 471 g/mol. The highest BCUT2D eigenvalue weighted by molar-refractivity contribution is 7.89. The van der Waals surface area contributed by atoms with E-state index in [-0.39, 0.29) is 16.6 Å². The molecule has 2 aliphatic heterocycles. The number of carbonyl (C=O) groups excluding carboxylic acids is 1. The third-order valence-corrected chi connectivity index (χ3v) is 8.44. The van der Waals surface area contributed by atoms with Gasteiger partial charge in [-0.3, -0.25) is 4.79 Å². The Bertz CT molecular complexity index is 1070. The highest BCUT2D eigenvalue weighted by Crippen LogP contribution is 2.30. The van der Waals surface area contributed by atoms with Crippen LogP contribution in [0.25, 0.3) is 0 Å². The minimum absolute atomic E-state index is 0.0528. The maximum atomic E-state index is 13.1. The predicted molar refractivity (Wildman–Crippen MR) is 129 cm³/mol. The minimum Gasteiger partial charge on any atom is -0.495 e. The Hall–Kier alpha value is -2.58. The number of sulfonamides is 1. The van der Waals surface area contributed by atoms with E-state index < -0.39 is 10.0 Å². The first-order chi connectivity index (χ1) is 15.9. The molecular formula is C25H33N3O4S. The first kappa shape index (κ1) is 23.6. The van der Waals surface area contributed by atoms with E-state index in [4.69, 9.17) is 4.74 Å². The quantitative estimate of drug-likeness (QED) is 0.615. The molecule has 2 saturated heterocycles. The second-order valence-corrected chi connectivity index (χ2v) is 10.8. The van der Waals surface area contributed by atoms with E-state index in [1.165, 1.54) is 42.4 Å². The molecule has 0 spiro atoms. The lowest BCUT2D eigenvalue weighted by atomic mass is 10.1. The Labute approximate surface area is 197 Å². The van der Waals surface area contributed by atoms with Gasteiger partial charge in [0.05, 0.1) is 7.11 Å². The van der Waals surface area contributed by atoms with Crippen molar-refractivity contribution in [1.82, 2.24) is 9.21 Å².